The molecule has 0 amide bonds. The van der Waals surface area contributed by atoms with Gasteiger partial charge >= 0.3 is 11.9 Å². The van der Waals surface area contributed by atoms with Crippen molar-refractivity contribution in [3.8, 4) is 0 Å². The molecule has 0 aliphatic carbocycles. The van der Waals surface area contributed by atoms with Gasteiger partial charge < -0.3 is 9.84 Å². The van der Waals surface area contributed by atoms with Crippen LogP contribution < -0.4 is 0 Å². The predicted octanol–water partition coefficient (Wildman–Crippen LogP) is 5.36. The molecule has 0 fully saturated rings. The molecule has 0 aliphatic heterocycles. The predicted molar refractivity (Wildman–Crippen MR) is 97.9 cm³/mol. The zero-order valence-electron chi connectivity index (χ0n) is 15.8. The molecule has 0 aromatic rings. The van der Waals surface area contributed by atoms with Gasteiger partial charge in [0.25, 0.3) is 0 Å². The topological polar surface area (TPSA) is 63.6 Å². The molecule has 1 unspecified atom stereocenters. The number of carbonyl (C=O) groups is 2. The summed E-state index contributed by atoms with van der Waals surface area (Å²) in [6.07, 6.45) is 14.4. The highest BCUT2D eigenvalue weighted by Crippen LogP contribution is 2.13. The largest absolute Gasteiger partial charge is 0.481 e. The van der Waals surface area contributed by atoms with Crippen molar-refractivity contribution >= 4 is 11.9 Å². The molecule has 0 heterocycles. The summed E-state index contributed by atoms with van der Waals surface area (Å²) in [6, 6.07) is 0. The Morgan fingerprint density at radius 1 is 1.00 bits per heavy atom. The Morgan fingerprint density at radius 2 is 1.58 bits per heavy atom. The van der Waals surface area contributed by atoms with Crippen LogP contribution in [0.1, 0.15) is 85.0 Å². The van der Waals surface area contributed by atoms with Crippen molar-refractivity contribution in [2.75, 3.05) is 6.61 Å². The van der Waals surface area contributed by atoms with Crippen molar-refractivity contribution in [3.05, 3.63) is 12.2 Å². The summed E-state index contributed by atoms with van der Waals surface area (Å²) in [4.78, 5) is 22.8. The van der Waals surface area contributed by atoms with E-state index < -0.39 is 17.9 Å². The quantitative estimate of drug-likeness (QED) is 0.247. The molecule has 0 radical (unpaired) electrons. The fourth-order valence-electron chi connectivity index (χ4n) is 2.43. The number of allylic oxidation sites excluding steroid dienone is 1. The Balaban J connectivity index is 3.96. The zero-order chi connectivity index (χ0) is 18.2. The second-order valence-electron chi connectivity index (χ2n) is 6.92. The molecule has 0 rings (SSSR count). The maximum absolute atomic E-state index is 11.9. The molecular formula is C20H36O4. The summed E-state index contributed by atoms with van der Waals surface area (Å²) in [5.74, 6) is -1.83. The van der Waals surface area contributed by atoms with E-state index in [9.17, 15) is 9.59 Å². The van der Waals surface area contributed by atoms with Gasteiger partial charge in [-0.15, -0.1) is 0 Å². The van der Waals surface area contributed by atoms with Crippen LogP contribution in [0, 0.1) is 11.8 Å². The number of hydrogen-bond donors (Lipinski definition) is 1. The van der Waals surface area contributed by atoms with Gasteiger partial charge in [-0.25, -0.2) is 0 Å². The summed E-state index contributed by atoms with van der Waals surface area (Å²) in [5, 5.41) is 8.93. The second kappa shape index (κ2) is 15.2. The van der Waals surface area contributed by atoms with Gasteiger partial charge in [0.1, 0.15) is 0 Å². The Labute approximate surface area is 147 Å². The number of ether oxygens (including phenoxy) is 1. The van der Waals surface area contributed by atoms with Crippen LogP contribution in [0.5, 0.6) is 0 Å². The van der Waals surface area contributed by atoms with Gasteiger partial charge in [-0.1, -0.05) is 77.9 Å². The van der Waals surface area contributed by atoms with Crippen LogP contribution in [0.4, 0.5) is 0 Å². The molecule has 0 aromatic heterocycles. The van der Waals surface area contributed by atoms with Gasteiger partial charge in [-0.3, -0.25) is 9.59 Å². The molecule has 4 heteroatoms. The Morgan fingerprint density at radius 3 is 2.12 bits per heavy atom. The maximum Gasteiger partial charge on any atom is 0.313 e. The van der Waals surface area contributed by atoms with Gasteiger partial charge in [-0.2, -0.15) is 0 Å². The average molecular weight is 341 g/mol. The molecule has 4 nitrogen and oxygen atoms in total. The lowest BCUT2D eigenvalue weighted by Crippen LogP contribution is -2.21. The van der Waals surface area contributed by atoms with E-state index in [0.717, 1.165) is 12.8 Å². The smallest absolute Gasteiger partial charge is 0.313 e. The molecular weight excluding hydrogens is 304 g/mol. The second-order valence-corrected chi connectivity index (χ2v) is 6.92. The van der Waals surface area contributed by atoms with Gasteiger partial charge in [0.15, 0.2) is 0 Å². The minimum absolute atomic E-state index is 0.204. The highest BCUT2D eigenvalue weighted by Gasteiger charge is 2.20. The first-order valence-corrected chi connectivity index (χ1v) is 9.52. The first-order chi connectivity index (χ1) is 11.5. The van der Waals surface area contributed by atoms with E-state index in [2.05, 4.69) is 6.92 Å². The summed E-state index contributed by atoms with van der Waals surface area (Å²) in [7, 11) is 0. The number of rotatable bonds is 15. The number of esters is 1. The van der Waals surface area contributed by atoms with E-state index in [1.54, 1.807) is 6.08 Å². The highest BCUT2D eigenvalue weighted by molar-refractivity contribution is 5.80. The first-order valence-electron chi connectivity index (χ1n) is 9.52. The number of hydrogen-bond acceptors (Lipinski definition) is 3. The number of carboxylic acids is 1. The van der Waals surface area contributed by atoms with Gasteiger partial charge in [0.2, 0.25) is 0 Å². The number of unbranched alkanes of at least 4 members (excludes halogenated alkanes) is 8. The van der Waals surface area contributed by atoms with Crippen LogP contribution >= 0.6 is 0 Å². The van der Waals surface area contributed by atoms with Crippen LogP contribution in [0.15, 0.2) is 12.2 Å². The minimum atomic E-state index is -0.974. The molecule has 140 valence electrons. The van der Waals surface area contributed by atoms with E-state index >= 15 is 0 Å². The molecule has 0 saturated carbocycles. The number of carbonyl (C=O) groups excluding carboxylic acids is 1. The summed E-state index contributed by atoms with van der Waals surface area (Å²) in [5.41, 5.74) is 0. The fourth-order valence-corrected chi connectivity index (χ4v) is 2.43. The van der Waals surface area contributed by atoms with Gasteiger partial charge in [0, 0.05) is 0 Å². The molecule has 0 bridgehead atoms. The summed E-state index contributed by atoms with van der Waals surface area (Å²) < 4.78 is 5.16. The van der Waals surface area contributed by atoms with Crippen LogP contribution in [-0.4, -0.2) is 23.7 Å². The van der Waals surface area contributed by atoms with Crippen molar-refractivity contribution < 1.29 is 19.4 Å². The van der Waals surface area contributed by atoms with E-state index in [0.29, 0.717) is 6.61 Å². The van der Waals surface area contributed by atoms with E-state index in [1.807, 2.05) is 19.9 Å². The van der Waals surface area contributed by atoms with Crippen LogP contribution in [0.3, 0.4) is 0 Å². The Bertz CT molecular complexity index is 361. The molecule has 0 spiro atoms. The third-order valence-electron chi connectivity index (χ3n) is 3.85. The van der Waals surface area contributed by atoms with Crippen molar-refractivity contribution in [1.82, 2.24) is 0 Å². The zero-order valence-corrected chi connectivity index (χ0v) is 15.8. The van der Waals surface area contributed by atoms with Gasteiger partial charge in [0.05, 0.1) is 18.9 Å². The third kappa shape index (κ3) is 14.3. The van der Waals surface area contributed by atoms with E-state index in [-0.39, 0.29) is 12.3 Å². The van der Waals surface area contributed by atoms with Crippen LogP contribution in [0.2, 0.25) is 0 Å². The summed E-state index contributed by atoms with van der Waals surface area (Å²) >= 11 is 0. The molecule has 24 heavy (non-hydrogen) atoms. The lowest BCUT2D eigenvalue weighted by Gasteiger charge is -2.12. The number of carboxylic acid groups (broad SMARTS) is 1. The summed E-state index contributed by atoms with van der Waals surface area (Å²) in [6.45, 7) is 6.47. The van der Waals surface area contributed by atoms with Crippen molar-refractivity contribution in [2.24, 2.45) is 11.8 Å². The standard InChI is InChI=1S/C20H36O4/c1-4-5-6-7-8-9-10-11-12-13-14-18(15-19(21)22)20(23)24-16-17(2)3/h13-14,17-18H,4-12,15-16H2,1-3H3,(H,21,22)/b14-13+. The van der Waals surface area contributed by atoms with Crippen LogP contribution in [0.25, 0.3) is 0 Å². The Hall–Kier alpha value is -1.32. The van der Waals surface area contributed by atoms with E-state index in [1.165, 1.54) is 44.9 Å². The molecule has 0 aliphatic rings. The SMILES string of the molecule is CCCCCCCCCC/C=C/C(CC(=O)O)C(=O)OCC(C)C. The van der Waals surface area contributed by atoms with E-state index in [4.69, 9.17) is 9.84 Å². The van der Waals surface area contributed by atoms with Gasteiger partial charge in [-0.05, 0) is 18.8 Å². The monoisotopic (exact) mass is 340 g/mol. The minimum Gasteiger partial charge on any atom is -0.481 e. The normalized spacial score (nSPS) is 12.7. The third-order valence-corrected chi connectivity index (χ3v) is 3.85. The molecule has 1 N–H and O–H groups in total. The van der Waals surface area contributed by atoms with Crippen molar-refractivity contribution in [3.63, 3.8) is 0 Å². The van der Waals surface area contributed by atoms with Crippen molar-refractivity contribution in [2.45, 2.75) is 85.0 Å². The van der Waals surface area contributed by atoms with Crippen molar-refractivity contribution in [1.29, 1.82) is 0 Å². The number of aliphatic carboxylic acids is 1. The van der Waals surface area contributed by atoms with Crippen LogP contribution in [-0.2, 0) is 14.3 Å². The highest BCUT2D eigenvalue weighted by atomic mass is 16.5. The average Bonchev–Trinajstić information content (AvgIpc) is 2.52. The fraction of sp³-hybridized carbons (Fsp3) is 0.800. The lowest BCUT2D eigenvalue weighted by atomic mass is 10.0. The molecule has 0 aromatic carbocycles. The first kappa shape index (κ1) is 22.7. The maximum atomic E-state index is 11.9. The molecule has 1 atom stereocenters. The molecule has 0 saturated heterocycles. The Kier molecular flexibility index (Phi) is 14.4. The lowest BCUT2D eigenvalue weighted by molar-refractivity contribution is -0.152.